The summed E-state index contributed by atoms with van der Waals surface area (Å²) in [6.07, 6.45) is 6.57. The topological polar surface area (TPSA) is 49.8 Å². The highest BCUT2D eigenvalue weighted by Crippen LogP contribution is 2.47. The zero-order valence-corrected chi connectivity index (χ0v) is 13.5. The number of hydrogen-bond donors (Lipinski definition) is 1. The van der Waals surface area contributed by atoms with E-state index in [1.165, 1.54) is 11.3 Å². The van der Waals surface area contributed by atoms with Crippen molar-refractivity contribution in [2.75, 3.05) is 25.6 Å². The highest BCUT2D eigenvalue weighted by atomic mass is 16.5. The third-order valence-corrected chi connectivity index (χ3v) is 5.40. The Morgan fingerprint density at radius 3 is 2.59 bits per heavy atom. The van der Waals surface area contributed by atoms with Gasteiger partial charge in [-0.05, 0) is 31.7 Å². The van der Waals surface area contributed by atoms with Crippen LogP contribution in [0.3, 0.4) is 0 Å². The molecule has 1 aliphatic heterocycles. The highest BCUT2D eigenvalue weighted by Gasteiger charge is 2.44. The summed E-state index contributed by atoms with van der Waals surface area (Å²) in [6.45, 7) is 1.04. The van der Waals surface area contributed by atoms with Gasteiger partial charge in [0.1, 0.15) is 5.75 Å². The van der Waals surface area contributed by atoms with Crippen LogP contribution >= 0.6 is 0 Å². The fourth-order valence-electron chi connectivity index (χ4n) is 4.19. The van der Waals surface area contributed by atoms with Crippen molar-refractivity contribution in [3.05, 3.63) is 23.3 Å². The third kappa shape index (κ3) is 2.25. The number of carboxylic acid groups (broad SMARTS) is 1. The number of anilines is 1. The summed E-state index contributed by atoms with van der Waals surface area (Å²) in [5.41, 5.74) is 2.48. The minimum absolute atomic E-state index is 0.699. The lowest BCUT2D eigenvalue weighted by Crippen LogP contribution is -2.38. The van der Waals surface area contributed by atoms with Crippen LogP contribution in [0.15, 0.2) is 12.1 Å². The van der Waals surface area contributed by atoms with E-state index in [4.69, 9.17) is 4.74 Å². The maximum atomic E-state index is 12.1. The van der Waals surface area contributed by atoms with Gasteiger partial charge in [0.25, 0.3) is 0 Å². The molecule has 4 heteroatoms. The lowest BCUT2D eigenvalue weighted by Gasteiger charge is -2.37. The number of hydrogen-bond acceptors (Lipinski definition) is 3. The number of rotatable bonds is 3. The molecule has 1 aromatic carbocycles. The van der Waals surface area contributed by atoms with Crippen LogP contribution in [-0.4, -0.2) is 31.8 Å². The quantitative estimate of drug-likeness (QED) is 0.930. The van der Waals surface area contributed by atoms with Gasteiger partial charge in [-0.3, -0.25) is 4.79 Å². The smallest absolute Gasteiger partial charge is 0.314 e. The first-order chi connectivity index (χ1) is 10.6. The predicted molar refractivity (Wildman–Crippen MR) is 87.0 cm³/mol. The van der Waals surface area contributed by atoms with Crippen LogP contribution in [0.25, 0.3) is 0 Å². The first kappa shape index (κ1) is 15.2. The number of methoxy groups -OCH3 is 1. The minimum atomic E-state index is -0.769. The van der Waals surface area contributed by atoms with E-state index in [0.717, 1.165) is 50.0 Å². The van der Waals surface area contributed by atoms with Gasteiger partial charge >= 0.3 is 5.97 Å². The van der Waals surface area contributed by atoms with Gasteiger partial charge in [-0.15, -0.1) is 0 Å². The van der Waals surface area contributed by atoms with Crippen molar-refractivity contribution in [3.63, 3.8) is 0 Å². The van der Waals surface area contributed by atoms with Crippen LogP contribution in [0.4, 0.5) is 5.69 Å². The molecule has 1 N–H and O–H groups in total. The molecule has 3 rings (SSSR count). The first-order valence-corrected chi connectivity index (χ1v) is 8.25. The number of aliphatic carboxylic acids is 1. The van der Waals surface area contributed by atoms with Gasteiger partial charge < -0.3 is 14.7 Å². The van der Waals surface area contributed by atoms with E-state index in [2.05, 4.69) is 18.0 Å². The lowest BCUT2D eigenvalue weighted by molar-refractivity contribution is -0.145. The molecule has 1 aliphatic carbocycles. The van der Waals surface area contributed by atoms with Crippen molar-refractivity contribution >= 4 is 11.7 Å². The van der Waals surface area contributed by atoms with Crippen molar-refractivity contribution in [2.45, 2.75) is 50.4 Å². The molecule has 0 aromatic heterocycles. The Labute approximate surface area is 132 Å². The van der Waals surface area contributed by atoms with Crippen LogP contribution < -0.4 is 9.64 Å². The molecule has 0 saturated heterocycles. The van der Waals surface area contributed by atoms with E-state index in [1.54, 1.807) is 7.11 Å². The fourth-order valence-corrected chi connectivity index (χ4v) is 4.19. The number of nitrogens with zero attached hydrogens (tertiary/aromatic N) is 1. The summed E-state index contributed by atoms with van der Waals surface area (Å²) in [4.78, 5) is 14.3. The Balaban J connectivity index is 2.15. The standard InChI is InChI=1S/C18H25NO3/c1-19-12-6-7-13-15(19)9-8-14(16(13)22-2)18(17(20)21)10-4-3-5-11-18/h8-9H,3-7,10-12H2,1-2H3,(H,20,21). The second-order valence-electron chi connectivity index (χ2n) is 6.62. The van der Waals surface area contributed by atoms with E-state index in [9.17, 15) is 9.90 Å². The summed E-state index contributed by atoms with van der Waals surface area (Å²) in [6, 6.07) is 4.09. The van der Waals surface area contributed by atoms with Crippen LogP contribution in [0.1, 0.15) is 49.7 Å². The van der Waals surface area contributed by atoms with E-state index >= 15 is 0 Å². The molecule has 0 amide bonds. The van der Waals surface area contributed by atoms with Gasteiger partial charge in [-0.25, -0.2) is 0 Å². The summed E-state index contributed by atoms with van der Waals surface area (Å²) in [7, 11) is 3.76. The molecular weight excluding hydrogens is 278 g/mol. The molecule has 1 saturated carbocycles. The summed E-state index contributed by atoms with van der Waals surface area (Å²) in [5, 5.41) is 9.95. The van der Waals surface area contributed by atoms with Crippen molar-refractivity contribution in [1.82, 2.24) is 0 Å². The third-order valence-electron chi connectivity index (χ3n) is 5.40. The van der Waals surface area contributed by atoms with Gasteiger partial charge in [-0.1, -0.05) is 25.3 Å². The maximum Gasteiger partial charge on any atom is 0.314 e. The molecule has 0 radical (unpaired) electrons. The molecule has 4 nitrogen and oxygen atoms in total. The molecule has 0 spiro atoms. The average Bonchev–Trinajstić information content (AvgIpc) is 2.54. The fraction of sp³-hybridized carbons (Fsp3) is 0.611. The molecule has 1 heterocycles. The minimum Gasteiger partial charge on any atom is -0.496 e. The predicted octanol–water partition coefficient (Wildman–Crippen LogP) is 3.36. The lowest BCUT2D eigenvalue weighted by atomic mass is 9.68. The van der Waals surface area contributed by atoms with Crippen molar-refractivity contribution in [2.24, 2.45) is 0 Å². The summed E-state index contributed by atoms with van der Waals surface area (Å²) >= 11 is 0. The van der Waals surface area contributed by atoms with Gasteiger partial charge in [0.05, 0.1) is 12.5 Å². The summed E-state index contributed by atoms with van der Waals surface area (Å²) in [5.74, 6) is 0.114. The molecule has 1 aromatic rings. The van der Waals surface area contributed by atoms with E-state index in [-0.39, 0.29) is 0 Å². The highest BCUT2D eigenvalue weighted by molar-refractivity contribution is 5.84. The normalized spacial score (nSPS) is 20.4. The number of carbonyl (C=O) groups is 1. The van der Waals surface area contributed by atoms with Crippen molar-refractivity contribution < 1.29 is 14.6 Å². The SMILES string of the molecule is COc1c(C2(C(=O)O)CCCCC2)ccc2c1CCCN2C. The zero-order chi connectivity index (χ0) is 15.7. The van der Waals surface area contributed by atoms with Crippen LogP contribution in [-0.2, 0) is 16.6 Å². The van der Waals surface area contributed by atoms with Gasteiger partial charge in [-0.2, -0.15) is 0 Å². The molecule has 2 aliphatic rings. The monoisotopic (exact) mass is 303 g/mol. The molecule has 1 fully saturated rings. The number of benzene rings is 1. The molecule has 0 bridgehead atoms. The Bertz CT molecular complexity index is 576. The molecule has 0 unspecified atom stereocenters. The van der Waals surface area contributed by atoms with E-state index < -0.39 is 11.4 Å². The maximum absolute atomic E-state index is 12.1. The van der Waals surface area contributed by atoms with Crippen LogP contribution in [0, 0.1) is 0 Å². The second-order valence-corrected chi connectivity index (χ2v) is 6.62. The molecule has 120 valence electrons. The Kier molecular flexibility index (Phi) is 4.02. The van der Waals surface area contributed by atoms with E-state index in [0.29, 0.717) is 12.8 Å². The molecular formula is C18H25NO3. The number of carboxylic acids is 1. The van der Waals surface area contributed by atoms with Crippen LogP contribution in [0.5, 0.6) is 5.75 Å². The van der Waals surface area contributed by atoms with Crippen LogP contribution in [0.2, 0.25) is 0 Å². The largest absolute Gasteiger partial charge is 0.496 e. The van der Waals surface area contributed by atoms with Gasteiger partial charge in [0.15, 0.2) is 0 Å². The van der Waals surface area contributed by atoms with E-state index in [1.807, 2.05) is 6.07 Å². The van der Waals surface area contributed by atoms with Crippen molar-refractivity contribution in [3.8, 4) is 5.75 Å². The van der Waals surface area contributed by atoms with Gasteiger partial charge in [0, 0.05) is 30.4 Å². The number of fused-ring (bicyclic) bond motifs is 1. The first-order valence-electron chi connectivity index (χ1n) is 8.25. The molecule has 0 atom stereocenters. The average molecular weight is 303 g/mol. The summed E-state index contributed by atoms with van der Waals surface area (Å²) < 4.78 is 5.73. The Morgan fingerprint density at radius 2 is 1.95 bits per heavy atom. The second kappa shape index (κ2) is 5.82. The zero-order valence-electron chi connectivity index (χ0n) is 13.5. The molecule has 22 heavy (non-hydrogen) atoms. The Hall–Kier alpha value is -1.71. The Morgan fingerprint density at radius 1 is 1.23 bits per heavy atom. The number of ether oxygens (including phenoxy) is 1. The van der Waals surface area contributed by atoms with Crippen molar-refractivity contribution in [1.29, 1.82) is 0 Å². The van der Waals surface area contributed by atoms with Gasteiger partial charge in [0.2, 0.25) is 0 Å².